The number of benzene rings is 4. The highest BCUT2D eigenvalue weighted by atomic mass is 35.5. The van der Waals surface area contributed by atoms with Crippen LogP contribution in [0.4, 0.5) is 0 Å². The fourth-order valence-electron chi connectivity index (χ4n) is 11.4. The molecule has 0 saturated carbocycles. The minimum atomic E-state index is -0.813. The summed E-state index contributed by atoms with van der Waals surface area (Å²) in [5, 5.41) is -0.369. The third kappa shape index (κ3) is 10.8. The molecule has 0 saturated heterocycles. The molecule has 4 aromatic rings. The second-order valence-corrected chi connectivity index (χ2v) is 19.0. The van der Waals surface area contributed by atoms with E-state index in [0.29, 0.717) is 118 Å². The third-order valence-electron chi connectivity index (χ3n) is 15.0. The van der Waals surface area contributed by atoms with E-state index in [-0.39, 0.29) is 30.3 Å². The van der Waals surface area contributed by atoms with Gasteiger partial charge >= 0.3 is 11.9 Å². The summed E-state index contributed by atoms with van der Waals surface area (Å²) in [6, 6.07) is 12.0. The van der Waals surface area contributed by atoms with Gasteiger partial charge in [-0.15, -0.1) is 0 Å². The molecule has 3 aliphatic heterocycles. The fraction of sp³-hybridized carbons (Fsp3) is 0.491. The van der Waals surface area contributed by atoms with Crippen molar-refractivity contribution in [2.45, 2.75) is 57.2 Å². The van der Waals surface area contributed by atoms with Gasteiger partial charge in [0, 0.05) is 50.2 Å². The highest BCUT2D eigenvalue weighted by Crippen LogP contribution is 2.56. The lowest BCUT2D eigenvalue weighted by Gasteiger charge is -2.52. The first-order valence-electron chi connectivity index (χ1n) is 24.3. The van der Waals surface area contributed by atoms with Crippen LogP contribution in [0.25, 0.3) is 0 Å². The van der Waals surface area contributed by atoms with Gasteiger partial charge in [-0.2, -0.15) is 0 Å². The lowest BCUT2D eigenvalue weighted by atomic mass is 9.80. The van der Waals surface area contributed by atoms with E-state index in [0.717, 1.165) is 65.4 Å². The Bertz CT molecular complexity index is 2670. The molecule has 3 aliphatic rings. The summed E-state index contributed by atoms with van der Waals surface area (Å²) in [7, 11) is 20.0. The van der Waals surface area contributed by atoms with E-state index in [9.17, 15) is 9.59 Å². The Hall–Kier alpha value is -6.43. The maximum atomic E-state index is 13.3. The summed E-state index contributed by atoms with van der Waals surface area (Å²) in [5.74, 6) is 4.92. The van der Waals surface area contributed by atoms with Gasteiger partial charge in [-0.1, -0.05) is 11.6 Å². The summed E-state index contributed by atoms with van der Waals surface area (Å²) in [5.41, 5.74) is 7.57. The molecule has 0 aromatic heterocycles. The highest BCUT2D eigenvalue weighted by Gasteiger charge is 2.50. The number of likely N-dealkylation sites (N-methyl/N-ethyl adjacent to an activating group) is 1. The third-order valence-corrected chi connectivity index (χ3v) is 15.2. The smallest absolute Gasteiger partial charge is 0.350 e. The Labute approximate surface area is 433 Å². The molecule has 0 N–H and O–H groups in total. The number of carbonyl (C=O) groups is 2. The van der Waals surface area contributed by atoms with E-state index >= 15 is 0 Å². The first-order valence-corrected chi connectivity index (χ1v) is 24.7. The van der Waals surface area contributed by atoms with E-state index < -0.39 is 11.9 Å². The number of hydrogen-bond acceptors (Lipinski definition) is 15. The molecule has 0 unspecified atom stereocenters. The van der Waals surface area contributed by atoms with E-state index in [2.05, 4.69) is 19.2 Å². The quantitative estimate of drug-likeness (QED) is 0.0306. The van der Waals surface area contributed by atoms with Crippen molar-refractivity contribution in [3.8, 4) is 63.2 Å². The van der Waals surface area contributed by atoms with Crippen LogP contribution in [0, 0.1) is 0 Å². The first kappa shape index (κ1) is 54.3. The number of fused-ring (bicyclic) bond motifs is 5. The SMILES string of the molecule is COc1cc2c(cc1OC)[C@H](Cc1cc(OC)c(OC)c(OC)c1)[N@@+](C)(CCCOC(=O)/C=C(\Cl)C(=O)OCCC[N@+]13CCc4cc(OC)c(OC)c(OC)c4[C@H]1Cc1cc(OC)c(OC)c(OC)c1C3)CC2. The van der Waals surface area contributed by atoms with Gasteiger partial charge in [-0.25, -0.2) is 9.59 Å². The van der Waals surface area contributed by atoms with Gasteiger partial charge in [-0.05, 0) is 58.7 Å². The number of carbonyl (C=O) groups excluding carboxylic acids is 2. The molecule has 0 radical (unpaired) electrons. The number of methoxy groups -OCH3 is 11. The van der Waals surface area contributed by atoms with Crippen molar-refractivity contribution in [1.29, 1.82) is 0 Å². The average molecular weight is 1040 g/mol. The normalized spacial score (nSPS) is 19.7. The molecule has 0 spiro atoms. The van der Waals surface area contributed by atoms with Crippen molar-refractivity contribution in [1.82, 2.24) is 0 Å². The van der Waals surface area contributed by atoms with Crippen LogP contribution in [0.3, 0.4) is 0 Å². The summed E-state index contributed by atoms with van der Waals surface area (Å²) in [6.07, 6.45) is 4.82. The molecule has 17 nitrogen and oxygen atoms in total. The number of quaternary nitrogens is 2. The van der Waals surface area contributed by atoms with Gasteiger partial charge in [0.25, 0.3) is 0 Å². The zero-order valence-electron chi connectivity index (χ0n) is 44.3. The Morgan fingerprint density at radius 1 is 0.575 bits per heavy atom. The van der Waals surface area contributed by atoms with Crippen LogP contribution >= 0.6 is 11.6 Å². The monoisotopic (exact) mass is 1030 g/mol. The zero-order valence-corrected chi connectivity index (χ0v) is 45.0. The van der Waals surface area contributed by atoms with Crippen LogP contribution < -0.4 is 52.1 Å². The standard InChI is InChI=1S/C55H71ClN2O15/c1-57(19-15-34-27-42(61-2)43(62-3)30-37(34)40(57)23-33-24-44(63-4)51(68-9)45(25-33)64-5)17-13-21-72-48(59)31-39(56)55(60)73-22-14-18-58-20-16-35-28-46(65-6)53(70-11)54(71-12)49(35)41(58)26-36-29-47(66-7)52(69-10)50(67-8)38(36)32-58/h24-25,27-31,40-41H,13-23,26,32H2,1-12H3/q+2/b39-31-/t40-,41+,57-,58+/m0/s1. The Morgan fingerprint density at radius 2 is 1.10 bits per heavy atom. The Kier molecular flexibility index (Phi) is 17.6. The van der Waals surface area contributed by atoms with Crippen molar-refractivity contribution in [2.75, 3.05) is 125 Å². The molecule has 4 aromatic carbocycles. The molecule has 0 aliphatic carbocycles. The van der Waals surface area contributed by atoms with Gasteiger partial charge in [0.05, 0.1) is 136 Å². The number of ether oxygens (including phenoxy) is 13. The minimum absolute atomic E-state index is 0.0239. The molecule has 3 heterocycles. The second kappa shape index (κ2) is 23.6. The number of hydrogen-bond donors (Lipinski definition) is 0. The maximum Gasteiger partial charge on any atom is 0.350 e. The van der Waals surface area contributed by atoms with Gasteiger partial charge < -0.3 is 70.5 Å². The molecule has 0 bridgehead atoms. The topological polar surface area (TPSA) is 154 Å². The highest BCUT2D eigenvalue weighted by molar-refractivity contribution is 6.42. The van der Waals surface area contributed by atoms with Crippen LogP contribution in [-0.4, -0.2) is 146 Å². The van der Waals surface area contributed by atoms with Crippen molar-refractivity contribution < 1.29 is 80.1 Å². The summed E-state index contributed by atoms with van der Waals surface area (Å²) in [6.45, 7) is 3.67. The molecule has 4 atom stereocenters. The lowest BCUT2D eigenvalue weighted by molar-refractivity contribution is -0.973. The Balaban J connectivity index is 1.02. The first-order chi connectivity index (χ1) is 35.2. The molecule has 0 amide bonds. The molecule has 396 valence electrons. The van der Waals surface area contributed by atoms with Crippen molar-refractivity contribution >= 4 is 23.5 Å². The molecule has 0 fully saturated rings. The number of rotatable bonds is 23. The number of esters is 2. The second-order valence-electron chi connectivity index (χ2n) is 18.6. The molecule has 7 rings (SSSR count). The maximum absolute atomic E-state index is 13.3. The Morgan fingerprint density at radius 3 is 1.70 bits per heavy atom. The van der Waals surface area contributed by atoms with E-state index in [1.165, 1.54) is 5.56 Å². The van der Waals surface area contributed by atoms with E-state index in [1.54, 1.807) is 78.2 Å². The van der Waals surface area contributed by atoms with Gasteiger partial charge in [-0.3, -0.25) is 0 Å². The average Bonchev–Trinajstić information content (AvgIpc) is 3.41. The van der Waals surface area contributed by atoms with Crippen LogP contribution in [0.5, 0.6) is 63.2 Å². The lowest BCUT2D eigenvalue weighted by Crippen LogP contribution is -2.57. The van der Waals surface area contributed by atoms with Crippen molar-refractivity contribution in [2.24, 2.45) is 0 Å². The predicted molar refractivity (Wildman–Crippen MR) is 273 cm³/mol. The summed E-state index contributed by atoms with van der Waals surface area (Å²) in [4.78, 5) is 26.4. The molecule has 18 heteroatoms. The minimum Gasteiger partial charge on any atom is -0.493 e. The van der Waals surface area contributed by atoms with Crippen molar-refractivity contribution in [3.05, 3.63) is 86.5 Å². The predicted octanol–water partition coefficient (Wildman–Crippen LogP) is 7.93. The summed E-state index contributed by atoms with van der Waals surface area (Å²) < 4.78 is 76.3. The number of nitrogens with zero attached hydrogens (tertiary/aromatic N) is 2. The van der Waals surface area contributed by atoms with Crippen LogP contribution in [0.15, 0.2) is 47.5 Å². The van der Waals surface area contributed by atoms with Gasteiger partial charge in [0.15, 0.2) is 46.0 Å². The van der Waals surface area contributed by atoms with Crippen LogP contribution in [0.2, 0.25) is 0 Å². The van der Waals surface area contributed by atoms with E-state index in [4.69, 9.17) is 73.2 Å². The van der Waals surface area contributed by atoms with Gasteiger partial charge in [0.2, 0.25) is 17.2 Å². The van der Waals surface area contributed by atoms with E-state index in [1.807, 2.05) is 24.3 Å². The molecule has 73 heavy (non-hydrogen) atoms. The largest absolute Gasteiger partial charge is 0.493 e. The number of halogens is 1. The summed E-state index contributed by atoms with van der Waals surface area (Å²) >= 11 is 6.42. The molecular formula is C55H71ClN2O15+2. The van der Waals surface area contributed by atoms with Crippen LogP contribution in [0.1, 0.15) is 63.9 Å². The van der Waals surface area contributed by atoms with Crippen molar-refractivity contribution in [3.63, 3.8) is 0 Å². The molecular weight excluding hydrogens is 964 g/mol. The van der Waals surface area contributed by atoms with Gasteiger partial charge in [0.1, 0.15) is 23.7 Å². The fourth-order valence-corrected chi connectivity index (χ4v) is 11.5. The van der Waals surface area contributed by atoms with Crippen LogP contribution in [-0.2, 0) is 51.3 Å². The zero-order chi connectivity index (χ0) is 52.6.